The second kappa shape index (κ2) is 8.67. The summed E-state index contributed by atoms with van der Waals surface area (Å²) in [6, 6.07) is 11.6. The molecule has 5 heteroatoms. The smallest absolute Gasteiger partial charge is 0.298 e. The van der Waals surface area contributed by atoms with Gasteiger partial charge in [-0.25, -0.2) is 0 Å². The SMILES string of the molecule is O=C(C#Cc1ccccc1)N1CCC2(CCN(C(=O)/C=C/c3ccsc3)CC2)C1. The van der Waals surface area contributed by atoms with E-state index in [-0.39, 0.29) is 17.2 Å². The zero-order chi connectivity index (χ0) is 20.1. The van der Waals surface area contributed by atoms with Crippen LogP contribution in [0.2, 0.25) is 0 Å². The lowest BCUT2D eigenvalue weighted by Crippen LogP contribution is -2.44. The van der Waals surface area contributed by atoms with Crippen molar-refractivity contribution in [1.29, 1.82) is 0 Å². The predicted octanol–water partition coefficient (Wildman–Crippen LogP) is 3.65. The number of hydrogen-bond acceptors (Lipinski definition) is 3. The number of carbonyl (C=O) groups excluding carboxylic acids is 2. The molecule has 0 atom stereocenters. The third kappa shape index (κ3) is 4.78. The first kappa shape index (κ1) is 19.5. The highest BCUT2D eigenvalue weighted by molar-refractivity contribution is 7.08. The molecule has 3 heterocycles. The highest BCUT2D eigenvalue weighted by atomic mass is 32.1. The third-order valence-electron chi connectivity index (χ3n) is 5.91. The molecule has 1 aromatic carbocycles. The van der Waals surface area contributed by atoms with Crippen LogP contribution in [0.5, 0.6) is 0 Å². The van der Waals surface area contributed by atoms with E-state index in [4.69, 9.17) is 0 Å². The predicted molar refractivity (Wildman–Crippen MR) is 116 cm³/mol. The number of carbonyl (C=O) groups is 2. The maximum atomic E-state index is 12.5. The van der Waals surface area contributed by atoms with E-state index in [1.54, 1.807) is 17.4 Å². The van der Waals surface area contributed by atoms with Crippen LogP contribution in [0.4, 0.5) is 0 Å². The maximum Gasteiger partial charge on any atom is 0.298 e. The van der Waals surface area contributed by atoms with Crippen molar-refractivity contribution >= 4 is 29.2 Å². The Hall–Kier alpha value is -2.84. The van der Waals surface area contributed by atoms with Gasteiger partial charge in [0.1, 0.15) is 0 Å². The van der Waals surface area contributed by atoms with Gasteiger partial charge in [0, 0.05) is 43.7 Å². The average molecular weight is 405 g/mol. The molecule has 2 aromatic rings. The van der Waals surface area contributed by atoms with Crippen LogP contribution in [0.25, 0.3) is 6.08 Å². The van der Waals surface area contributed by atoms with E-state index in [9.17, 15) is 9.59 Å². The number of likely N-dealkylation sites (tertiary alicyclic amines) is 2. The van der Waals surface area contributed by atoms with Gasteiger partial charge in [0.15, 0.2) is 0 Å². The quantitative estimate of drug-likeness (QED) is 0.566. The molecule has 2 aliphatic rings. The molecule has 2 saturated heterocycles. The van der Waals surface area contributed by atoms with Gasteiger partial charge in [-0.05, 0) is 65.3 Å². The molecule has 4 rings (SSSR count). The van der Waals surface area contributed by atoms with Gasteiger partial charge >= 0.3 is 0 Å². The third-order valence-corrected chi connectivity index (χ3v) is 6.61. The van der Waals surface area contributed by atoms with E-state index in [1.807, 2.05) is 63.0 Å². The number of hydrogen-bond donors (Lipinski definition) is 0. The van der Waals surface area contributed by atoms with Gasteiger partial charge in [0.25, 0.3) is 5.91 Å². The number of nitrogens with zero attached hydrogens (tertiary/aromatic N) is 2. The summed E-state index contributed by atoms with van der Waals surface area (Å²) >= 11 is 1.63. The number of piperidine rings is 1. The Bertz CT molecular complexity index is 946. The van der Waals surface area contributed by atoms with Crippen molar-refractivity contribution in [3.8, 4) is 11.8 Å². The molecule has 0 radical (unpaired) electrons. The number of amides is 2. The molecule has 148 valence electrons. The Labute approximate surface area is 175 Å². The highest BCUT2D eigenvalue weighted by Gasteiger charge is 2.42. The van der Waals surface area contributed by atoms with Crippen LogP contribution in [-0.2, 0) is 9.59 Å². The summed E-state index contributed by atoms with van der Waals surface area (Å²) < 4.78 is 0. The van der Waals surface area contributed by atoms with Gasteiger partial charge in [-0.15, -0.1) is 0 Å². The minimum absolute atomic E-state index is 0.0747. The fourth-order valence-corrected chi connectivity index (χ4v) is 4.72. The topological polar surface area (TPSA) is 40.6 Å². The number of benzene rings is 1. The van der Waals surface area contributed by atoms with E-state index in [0.717, 1.165) is 56.6 Å². The number of thiophene rings is 1. The molecule has 0 bridgehead atoms. The van der Waals surface area contributed by atoms with Gasteiger partial charge in [0.05, 0.1) is 0 Å². The van der Waals surface area contributed by atoms with Gasteiger partial charge in [-0.2, -0.15) is 11.3 Å². The fourth-order valence-electron chi connectivity index (χ4n) is 4.09. The summed E-state index contributed by atoms with van der Waals surface area (Å²) in [4.78, 5) is 28.7. The van der Waals surface area contributed by atoms with Crippen LogP contribution in [-0.4, -0.2) is 47.8 Å². The summed E-state index contributed by atoms with van der Waals surface area (Å²) in [5.41, 5.74) is 2.06. The minimum atomic E-state index is -0.0945. The Morgan fingerprint density at radius 2 is 1.72 bits per heavy atom. The largest absolute Gasteiger partial charge is 0.339 e. The van der Waals surface area contributed by atoms with Crippen LogP contribution < -0.4 is 0 Å². The van der Waals surface area contributed by atoms with E-state index < -0.39 is 0 Å². The number of rotatable bonds is 2. The Kier molecular flexibility index (Phi) is 5.82. The van der Waals surface area contributed by atoms with Crippen molar-refractivity contribution in [2.24, 2.45) is 5.41 Å². The van der Waals surface area contributed by atoms with Crippen molar-refractivity contribution in [2.45, 2.75) is 19.3 Å². The molecule has 1 aromatic heterocycles. The lowest BCUT2D eigenvalue weighted by atomic mass is 9.78. The minimum Gasteiger partial charge on any atom is -0.339 e. The van der Waals surface area contributed by atoms with Gasteiger partial charge in [-0.1, -0.05) is 24.1 Å². The van der Waals surface area contributed by atoms with Crippen molar-refractivity contribution in [2.75, 3.05) is 26.2 Å². The Morgan fingerprint density at radius 1 is 1.00 bits per heavy atom. The monoisotopic (exact) mass is 404 g/mol. The van der Waals surface area contributed by atoms with Crippen molar-refractivity contribution in [3.63, 3.8) is 0 Å². The van der Waals surface area contributed by atoms with Crippen LogP contribution in [0, 0.1) is 17.3 Å². The van der Waals surface area contributed by atoms with E-state index in [1.165, 1.54) is 0 Å². The second-order valence-corrected chi connectivity index (χ2v) is 8.59. The lowest BCUT2D eigenvalue weighted by Gasteiger charge is -2.38. The molecule has 2 aliphatic heterocycles. The van der Waals surface area contributed by atoms with E-state index >= 15 is 0 Å². The first-order valence-electron chi connectivity index (χ1n) is 9.99. The lowest BCUT2D eigenvalue weighted by molar-refractivity contribution is -0.129. The molecule has 29 heavy (non-hydrogen) atoms. The summed E-state index contributed by atoms with van der Waals surface area (Å²) in [5, 5.41) is 4.03. The second-order valence-electron chi connectivity index (χ2n) is 7.81. The highest BCUT2D eigenvalue weighted by Crippen LogP contribution is 2.40. The van der Waals surface area contributed by atoms with Gasteiger partial charge in [0.2, 0.25) is 5.91 Å². The summed E-state index contributed by atoms with van der Waals surface area (Å²) in [6.07, 6.45) is 6.44. The molecule has 0 N–H and O–H groups in total. The molecule has 4 nitrogen and oxygen atoms in total. The van der Waals surface area contributed by atoms with Crippen molar-refractivity contribution in [1.82, 2.24) is 9.80 Å². The zero-order valence-electron chi connectivity index (χ0n) is 16.3. The molecule has 0 aliphatic carbocycles. The van der Waals surface area contributed by atoms with Gasteiger partial charge in [-0.3, -0.25) is 9.59 Å². The molecule has 1 spiro atoms. The van der Waals surface area contributed by atoms with E-state index in [0.29, 0.717) is 0 Å². The summed E-state index contributed by atoms with van der Waals surface area (Å²) in [6.45, 7) is 3.02. The fraction of sp³-hybridized carbons (Fsp3) is 0.333. The molecule has 0 saturated carbocycles. The maximum absolute atomic E-state index is 12.5. The van der Waals surface area contributed by atoms with Crippen LogP contribution >= 0.6 is 11.3 Å². The normalized spacial score (nSPS) is 18.1. The summed E-state index contributed by atoms with van der Waals surface area (Å²) in [7, 11) is 0. The van der Waals surface area contributed by atoms with E-state index in [2.05, 4.69) is 11.8 Å². The van der Waals surface area contributed by atoms with Crippen molar-refractivity contribution in [3.05, 3.63) is 64.4 Å². The average Bonchev–Trinajstić information content (AvgIpc) is 3.42. The van der Waals surface area contributed by atoms with Crippen molar-refractivity contribution < 1.29 is 9.59 Å². The first-order valence-corrected chi connectivity index (χ1v) is 10.9. The zero-order valence-corrected chi connectivity index (χ0v) is 17.2. The summed E-state index contributed by atoms with van der Waals surface area (Å²) in [5.74, 6) is 5.72. The molecule has 0 unspecified atom stereocenters. The molecular formula is C24H24N2O2S. The standard InChI is InChI=1S/C24H24N2O2S/c27-22(9-7-21-10-17-29-18-21)25-14-11-24(12-15-25)13-16-26(19-24)23(28)8-6-20-4-2-1-3-5-20/h1-5,7,9-10,17-18H,11-16,19H2/b9-7+. The van der Waals surface area contributed by atoms with Crippen LogP contribution in [0.15, 0.2) is 53.2 Å². The van der Waals surface area contributed by atoms with Crippen LogP contribution in [0.1, 0.15) is 30.4 Å². The molecule has 2 amide bonds. The molecular weight excluding hydrogens is 380 g/mol. The Morgan fingerprint density at radius 3 is 2.41 bits per heavy atom. The van der Waals surface area contributed by atoms with Crippen LogP contribution in [0.3, 0.4) is 0 Å². The first-order chi connectivity index (χ1) is 14.1. The Balaban J connectivity index is 1.30. The molecule has 2 fully saturated rings. The van der Waals surface area contributed by atoms with Gasteiger partial charge < -0.3 is 9.80 Å².